The summed E-state index contributed by atoms with van der Waals surface area (Å²) in [5.74, 6) is -0.289. The molecule has 1 aliphatic rings. The lowest BCUT2D eigenvalue weighted by Crippen LogP contribution is -2.48. The summed E-state index contributed by atoms with van der Waals surface area (Å²) in [5, 5.41) is 11.7. The number of aryl methyl sites for hydroxylation is 1. The fourth-order valence-electron chi connectivity index (χ4n) is 4.03. The second kappa shape index (κ2) is 8.23. The van der Waals surface area contributed by atoms with Crippen molar-refractivity contribution < 1.29 is 14.1 Å². The van der Waals surface area contributed by atoms with Crippen LogP contribution in [0.1, 0.15) is 16.8 Å². The number of hydrogen-bond donors (Lipinski definition) is 1. The molecule has 3 aromatic rings. The van der Waals surface area contributed by atoms with Gasteiger partial charge in [0.15, 0.2) is 0 Å². The summed E-state index contributed by atoms with van der Waals surface area (Å²) < 4.78 is 13.7. The Kier molecular flexibility index (Phi) is 5.50. The van der Waals surface area contributed by atoms with Crippen molar-refractivity contribution in [3.8, 4) is 0 Å². The number of aromatic amines is 1. The molecule has 0 bridgehead atoms. The zero-order chi connectivity index (χ0) is 21.3. The number of non-ortho nitro benzene ring substituents is 1. The first-order chi connectivity index (χ1) is 14.4. The number of rotatable bonds is 5. The van der Waals surface area contributed by atoms with Gasteiger partial charge < -0.3 is 9.88 Å². The van der Waals surface area contributed by atoms with Crippen molar-refractivity contribution in [3.63, 3.8) is 0 Å². The van der Waals surface area contributed by atoms with Gasteiger partial charge in [-0.15, -0.1) is 0 Å². The molecule has 1 amide bonds. The lowest BCUT2D eigenvalue weighted by Gasteiger charge is -2.34. The lowest BCUT2D eigenvalue weighted by molar-refractivity contribution is -0.384. The Morgan fingerprint density at radius 2 is 1.93 bits per heavy atom. The van der Waals surface area contributed by atoms with Gasteiger partial charge in [0, 0.05) is 61.5 Å². The largest absolute Gasteiger partial charge is 0.358 e. The Bertz CT molecular complexity index is 1100. The molecule has 2 aromatic carbocycles. The summed E-state index contributed by atoms with van der Waals surface area (Å²) in [5.41, 5.74) is 3.53. The molecule has 8 heteroatoms. The number of nitro benzene ring substituents is 1. The van der Waals surface area contributed by atoms with Gasteiger partial charge in [-0.25, -0.2) is 4.39 Å². The highest BCUT2D eigenvalue weighted by atomic mass is 19.1. The summed E-state index contributed by atoms with van der Waals surface area (Å²) in [7, 11) is 0. The van der Waals surface area contributed by atoms with Gasteiger partial charge in [0.05, 0.1) is 11.3 Å². The van der Waals surface area contributed by atoms with Crippen molar-refractivity contribution in [1.29, 1.82) is 0 Å². The van der Waals surface area contributed by atoms with E-state index in [1.165, 1.54) is 18.2 Å². The lowest BCUT2D eigenvalue weighted by atomic mass is 10.1. The van der Waals surface area contributed by atoms with E-state index in [0.717, 1.165) is 27.7 Å². The third kappa shape index (κ3) is 4.18. The Balaban J connectivity index is 1.37. The van der Waals surface area contributed by atoms with Crippen LogP contribution in [0.25, 0.3) is 10.9 Å². The highest BCUT2D eigenvalue weighted by molar-refractivity contribution is 5.90. The Morgan fingerprint density at radius 3 is 2.67 bits per heavy atom. The maximum Gasteiger partial charge on any atom is 0.269 e. The number of hydrogen-bond acceptors (Lipinski definition) is 4. The molecule has 2 heterocycles. The summed E-state index contributed by atoms with van der Waals surface area (Å²) in [4.78, 5) is 30.6. The standard InChI is InChI=1S/C22H23FN4O3/c1-15-19(20-12-17(23)5-6-21(20)24-15)13-22(28)26-9-7-25(8-10-26)14-16-3-2-4-18(11-16)27(29)30/h2-6,11-12,24H,7-10,13-14H2,1H3. The number of carbonyl (C=O) groups is 1. The molecule has 7 nitrogen and oxygen atoms in total. The molecule has 0 atom stereocenters. The van der Waals surface area contributed by atoms with E-state index in [-0.39, 0.29) is 23.8 Å². The van der Waals surface area contributed by atoms with Gasteiger partial charge in [-0.1, -0.05) is 12.1 Å². The Morgan fingerprint density at radius 1 is 1.17 bits per heavy atom. The highest BCUT2D eigenvalue weighted by Gasteiger charge is 2.23. The molecule has 0 radical (unpaired) electrons. The first-order valence-electron chi connectivity index (χ1n) is 9.91. The number of nitrogens with one attached hydrogen (secondary N) is 1. The SMILES string of the molecule is Cc1[nH]c2ccc(F)cc2c1CC(=O)N1CCN(Cc2cccc([N+](=O)[O-])c2)CC1. The predicted molar refractivity (Wildman–Crippen MR) is 112 cm³/mol. The van der Waals surface area contributed by atoms with Crippen LogP contribution in [0.3, 0.4) is 0 Å². The smallest absolute Gasteiger partial charge is 0.269 e. The summed E-state index contributed by atoms with van der Waals surface area (Å²) in [6, 6.07) is 11.2. The molecule has 1 N–H and O–H groups in total. The quantitative estimate of drug-likeness (QED) is 0.516. The molecular formula is C22H23FN4O3. The van der Waals surface area contributed by atoms with E-state index in [0.29, 0.717) is 32.7 Å². The van der Waals surface area contributed by atoms with Crippen molar-refractivity contribution in [1.82, 2.24) is 14.8 Å². The van der Waals surface area contributed by atoms with Crippen molar-refractivity contribution in [2.75, 3.05) is 26.2 Å². The number of aromatic nitrogens is 1. The number of nitro groups is 1. The van der Waals surface area contributed by atoms with Gasteiger partial charge in [0.1, 0.15) is 5.82 Å². The number of piperazine rings is 1. The van der Waals surface area contributed by atoms with Crippen molar-refractivity contribution in [3.05, 3.63) is 75.2 Å². The van der Waals surface area contributed by atoms with Crippen LogP contribution in [0.15, 0.2) is 42.5 Å². The minimum absolute atomic E-state index is 0.0262. The normalized spacial score (nSPS) is 14.9. The van der Waals surface area contributed by atoms with E-state index >= 15 is 0 Å². The second-order valence-corrected chi connectivity index (χ2v) is 7.68. The maximum absolute atomic E-state index is 13.7. The first kappa shape index (κ1) is 20.0. The molecule has 4 rings (SSSR count). The number of H-pyrrole nitrogens is 1. The zero-order valence-electron chi connectivity index (χ0n) is 16.7. The fourth-order valence-corrected chi connectivity index (χ4v) is 4.03. The zero-order valence-corrected chi connectivity index (χ0v) is 16.7. The number of halogens is 1. The molecule has 0 saturated carbocycles. The fraction of sp³-hybridized carbons (Fsp3) is 0.318. The molecule has 0 spiro atoms. The van der Waals surface area contributed by atoms with E-state index in [1.54, 1.807) is 18.2 Å². The number of benzene rings is 2. The number of amides is 1. The Hall–Kier alpha value is -3.26. The van der Waals surface area contributed by atoms with E-state index in [4.69, 9.17) is 0 Å². The monoisotopic (exact) mass is 410 g/mol. The molecule has 156 valence electrons. The summed E-state index contributed by atoms with van der Waals surface area (Å²) in [6.07, 6.45) is 0.236. The van der Waals surface area contributed by atoms with E-state index in [1.807, 2.05) is 17.9 Å². The molecular weight excluding hydrogens is 387 g/mol. The summed E-state index contributed by atoms with van der Waals surface area (Å²) in [6.45, 7) is 5.13. The van der Waals surface area contributed by atoms with Gasteiger partial charge >= 0.3 is 0 Å². The molecule has 1 aromatic heterocycles. The maximum atomic E-state index is 13.7. The van der Waals surface area contributed by atoms with Gasteiger partial charge in [0.2, 0.25) is 5.91 Å². The van der Waals surface area contributed by atoms with Crippen LogP contribution < -0.4 is 0 Å². The van der Waals surface area contributed by atoms with Gasteiger partial charge in [0.25, 0.3) is 5.69 Å². The molecule has 0 unspecified atom stereocenters. The highest BCUT2D eigenvalue weighted by Crippen LogP contribution is 2.24. The number of carbonyl (C=O) groups excluding carboxylic acids is 1. The van der Waals surface area contributed by atoms with Crippen LogP contribution in [0.2, 0.25) is 0 Å². The summed E-state index contributed by atoms with van der Waals surface area (Å²) >= 11 is 0. The molecule has 30 heavy (non-hydrogen) atoms. The van der Waals surface area contributed by atoms with Crippen LogP contribution in [-0.2, 0) is 17.8 Å². The van der Waals surface area contributed by atoms with Gasteiger partial charge in [-0.2, -0.15) is 0 Å². The van der Waals surface area contributed by atoms with Crippen LogP contribution in [0.4, 0.5) is 10.1 Å². The third-order valence-electron chi connectivity index (χ3n) is 5.66. The molecule has 1 aliphatic heterocycles. The molecule has 1 saturated heterocycles. The predicted octanol–water partition coefficient (Wildman–Crippen LogP) is 3.41. The molecule has 1 fully saturated rings. The van der Waals surface area contributed by atoms with E-state index in [2.05, 4.69) is 9.88 Å². The number of nitrogens with zero attached hydrogens (tertiary/aromatic N) is 3. The van der Waals surface area contributed by atoms with Gasteiger partial charge in [-0.05, 0) is 36.2 Å². The van der Waals surface area contributed by atoms with Crippen LogP contribution in [0.5, 0.6) is 0 Å². The number of fused-ring (bicyclic) bond motifs is 1. The van der Waals surface area contributed by atoms with Crippen molar-refractivity contribution in [2.24, 2.45) is 0 Å². The second-order valence-electron chi connectivity index (χ2n) is 7.68. The molecule has 0 aliphatic carbocycles. The average Bonchev–Trinajstić information content (AvgIpc) is 3.03. The van der Waals surface area contributed by atoms with Crippen LogP contribution in [-0.4, -0.2) is 51.8 Å². The minimum atomic E-state index is -0.390. The van der Waals surface area contributed by atoms with E-state index in [9.17, 15) is 19.3 Å². The average molecular weight is 410 g/mol. The van der Waals surface area contributed by atoms with Crippen LogP contribution >= 0.6 is 0 Å². The topological polar surface area (TPSA) is 82.5 Å². The van der Waals surface area contributed by atoms with Gasteiger partial charge in [-0.3, -0.25) is 19.8 Å². The third-order valence-corrected chi connectivity index (χ3v) is 5.66. The van der Waals surface area contributed by atoms with Crippen molar-refractivity contribution in [2.45, 2.75) is 19.9 Å². The van der Waals surface area contributed by atoms with Crippen LogP contribution in [0, 0.1) is 22.9 Å². The van der Waals surface area contributed by atoms with Crippen molar-refractivity contribution >= 4 is 22.5 Å². The minimum Gasteiger partial charge on any atom is -0.358 e. The first-order valence-corrected chi connectivity index (χ1v) is 9.91. The Labute approximate surface area is 173 Å². The van der Waals surface area contributed by atoms with E-state index < -0.39 is 4.92 Å².